The normalized spacial score (nSPS) is 16.5. The van der Waals surface area contributed by atoms with Gasteiger partial charge in [0.1, 0.15) is 11.9 Å². The molecule has 1 aromatic heterocycles. The van der Waals surface area contributed by atoms with Crippen molar-refractivity contribution in [3.8, 4) is 17.1 Å². The van der Waals surface area contributed by atoms with Crippen molar-refractivity contribution in [1.29, 1.82) is 0 Å². The van der Waals surface area contributed by atoms with E-state index in [9.17, 15) is 13.6 Å². The highest BCUT2D eigenvalue weighted by atomic mass is 35.5. The van der Waals surface area contributed by atoms with Crippen LogP contribution in [0, 0.1) is 11.6 Å². The van der Waals surface area contributed by atoms with Crippen molar-refractivity contribution in [1.82, 2.24) is 15.0 Å². The predicted octanol–water partition coefficient (Wildman–Crippen LogP) is 4.54. The number of ether oxygens (including phenoxy) is 1. The number of likely N-dealkylation sites (tertiary alicyclic amines) is 1. The Morgan fingerprint density at radius 3 is 2.79 bits per heavy atom. The first-order valence-corrected chi connectivity index (χ1v) is 9.25. The molecular weight excluding hydrogens is 404 g/mol. The molecule has 1 fully saturated rings. The largest absolute Gasteiger partial charge is 0.494 e. The summed E-state index contributed by atoms with van der Waals surface area (Å²) >= 11 is 5.81. The standard InChI is InChI=1S/C20H16ClF2N3O3/c1-28-17-6-2-11(8-15(17)23)10-26-16(5-7-18(26)27)20-24-19(25-29-20)12-3-4-14(22)13(21)9-12/h2-4,6,8-9,16H,5,7,10H2,1H3. The van der Waals surface area contributed by atoms with Crippen LogP contribution in [0.1, 0.15) is 30.3 Å². The van der Waals surface area contributed by atoms with Crippen molar-refractivity contribution in [3.05, 3.63) is 64.5 Å². The highest BCUT2D eigenvalue weighted by Gasteiger charge is 2.36. The SMILES string of the molecule is COc1ccc(CN2C(=O)CCC2c2nc(-c3ccc(F)c(Cl)c3)no2)cc1F. The van der Waals surface area contributed by atoms with Crippen LogP contribution in [0.3, 0.4) is 0 Å². The van der Waals surface area contributed by atoms with Crippen LogP contribution in [-0.4, -0.2) is 28.1 Å². The van der Waals surface area contributed by atoms with Gasteiger partial charge in [-0.2, -0.15) is 4.98 Å². The minimum atomic E-state index is -0.543. The Labute approximate surface area is 170 Å². The van der Waals surface area contributed by atoms with Crippen molar-refractivity contribution in [3.63, 3.8) is 0 Å². The first kappa shape index (κ1) is 19.3. The van der Waals surface area contributed by atoms with Gasteiger partial charge in [0.05, 0.1) is 12.1 Å². The Morgan fingerprint density at radius 1 is 1.24 bits per heavy atom. The molecule has 1 saturated heterocycles. The van der Waals surface area contributed by atoms with Gasteiger partial charge in [0.15, 0.2) is 11.6 Å². The zero-order valence-electron chi connectivity index (χ0n) is 15.4. The second kappa shape index (κ2) is 7.79. The molecular formula is C20H16ClF2N3O3. The Kier molecular flexibility index (Phi) is 5.19. The van der Waals surface area contributed by atoms with E-state index in [1.807, 2.05) is 0 Å². The van der Waals surface area contributed by atoms with E-state index in [1.54, 1.807) is 11.0 Å². The van der Waals surface area contributed by atoms with E-state index >= 15 is 0 Å². The van der Waals surface area contributed by atoms with E-state index in [1.165, 1.54) is 37.4 Å². The number of nitrogens with zero attached hydrogens (tertiary/aromatic N) is 3. The lowest BCUT2D eigenvalue weighted by molar-refractivity contribution is -0.130. The van der Waals surface area contributed by atoms with Crippen LogP contribution < -0.4 is 4.74 Å². The maximum absolute atomic E-state index is 14.0. The monoisotopic (exact) mass is 419 g/mol. The lowest BCUT2D eigenvalue weighted by Crippen LogP contribution is -2.27. The lowest BCUT2D eigenvalue weighted by Gasteiger charge is -2.22. The molecule has 3 aromatic rings. The van der Waals surface area contributed by atoms with Gasteiger partial charge in [-0.15, -0.1) is 0 Å². The number of methoxy groups -OCH3 is 1. The fraction of sp³-hybridized carbons (Fsp3) is 0.250. The summed E-state index contributed by atoms with van der Waals surface area (Å²) in [5.74, 6) is -0.481. The summed E-state index contributed by atoms with van der Waals surface area (Å²) in [6, 6.07) is 8.24. The molecule has 0 N–H and O–H groups in total. The maximum atomic E-state index is 14.0. The molecule has 1 aliphatic rings. The Bertz CT molecular complexity index is 1070. The minimum absolute atomic E-state index is 0.0481. The van der Waals surface area contributed by atoms with Crippen LogP contribution in [-0.2, 0) is 11.3 Å². The molecule has 9 heteroatoms. The number of amides is 1. The molecule has 0 bridgehead atoms. The second-order valence-electron chi connectivity index (χ2n) is 6.63. The van der Waals surface area contributed by atoms with Crippen molar-refractivity contribution >= 4 is 17.5 Å². The number of carbonyl (C=O) groups excluding carboxylic acids is 1. The molecule has 1 unspecified atom stereocenters. The predicted molar refractivity (Wildman–Crippen MR) is 100 cm³/mol. The number of carbonyl (C=O) groups is 1. The number of halogens is 3. The van der Waals surface area contributed by atoms with E-state index in [0.717, 1.165) is 0 Å². The van der Waals surface area contributed by atoms with Gasteiger partial charge >= 0.3 is 0 Å². The summed E-state index contributed by atoms with van der Waals surface area (Å²) in [4.78, 5) is 18.3. The topological polar surface area (TPSA) is 68.5 Å². The van der Waals surface area contributed by atoms with Crippen molar-refractivity contribution in [2.45, 2.75) is 25.4 Å². The van der Waals surface area contributed by atoms with Crippen molar-refractivity contribution < 1.29 is 22.8 Å². The van der Waals surface area contributed by atoms with Gasteiger partial charge in [-0.25, -0.2) is 8.78 Å². The van der Waals surface area contributed by atoms with Crippen LogP contribution in [0.4, 0.5) is 8.78 Å². The zero-order valence-corrected chi connectivity index (χ0v) is 16.1. The molecule has 1 amide bonds. The average Bonchev–Trinajstić information content (AvgIpc) is 3.32. The quantitative estimate of drug-likeness (QED) is 0.607. The van der Waals surface area contributed by atoms with Crippen LogP contribution >= 0.6 is 11.6 Å². The van der Waals surface area contributed by atoms with Crippen LogP contribution in [0.2, 0.25) is 5.02 Å². The van der Waals surface area contributed by atoms with Gasteiger partial charge < -0.3 is 14.2 Å². The summed E-state index contributed by atoms with van der Waals surface area (Å²) in [6.07, 6.45) is 0.826. The average molecular weight is 420 g/mol. The van der Waals surface area contributed by atoms with E-state index in [4.69, 9.17) is 20.9 Å². The van der Waals surface area contributed by atoms with Crippen LogP contribution in [0.25, 0.3) is 11.4 Å². The van der Waals surface area contributed by atoms with Gasteiger partial charge in [0.25, 0.3) is 0 Å². The fourth-order valence-electron chi connectivity index (χ4n) is 3.32. The molecule has 1 atom stereocenters. The molecule has 150 valence electrons. The zero-order chi connectivity index (χ0) is 20.5. The second-order valence-corrected chi connectivity index (χ2v) is 7.04. The summed E-state index contributed by atoms with van der Waals surface area (Å²) in [5.41, 5.74) is 1.12. The van der Waals surface area contributed by atoms with Crippen LogP contribution in [0.5, 0.6) is 5.75 Å². The number of hydrogen-bond donors (Lipinski definition) is 0. The number of rotatable bonds is 5. The van der Waals surface area contributed by atoms with Gasteiger partial charge in [0.2, 0.25) is 17.6 Å². The fourth-order valence-corrected chi connectivity index (χ4v) is 3.50. The third-order valence-corrected chi connectivity index (χ3v) is 5.09. The number of hydrogen-bond acceptors (Lipinski definition) is 5. The molecule has 0 saturated carbocycles. The maximum Gasteiger partial charge on any atom is 0.249 e. The van der Waals surface area contributed by atoms with Gasteiger partial charge in [0, 0.05) is 18.5 Å². The Balaban J connectivity index is 1.57. The van der Waals surface area contributed by atoms with E-state index < -0.39 is 17.7 Å². The van der Waals surface area contributed by atoms with Gasteiger partial charge in [-0.1, -0.05) is 22.8 Å². The van der Waals surface area contributed by atoms with Crippen molar-refractivity contribution in [2.24, 2.45) is 0 Å². The summed E-state index contributed by atoms with van der Waals surface area (Å²) in [5, 5.41) is 3.88. The summed E-state index contributed by atoms with van der Waals surface area (Å²) < 4.78 is 37.6. The molecule has 0 aliphatic carbocycles. The lowest BCUT2D eigenvalue weighted by atomic mass is 10.1. The highest BCUT2D eigenvalue weighted by molar-refractivity contribution is 6.31. The van der Waals surface area contributed by atoms with E-state index in [-0.39, 0.29) is 34.9 Å². The third kappa shape index (κ3) is 3.80. The first-order chi connectivity index (χ1) is 14.0. The third-order valence-electron chi connectivity index (χ3n) is 4.80. The molecule has 1 aliphatic heterocycles. The molecule has 29 heavy (non-hydrogen) atoms. The van der Waals surface area contributed by atoms with E-state index in [0.29, 0.717) is 24.0 Å². The molecule has 4 rings (SSSR count). The smallest absolute Gasteiger partial charge is 0.249 e. The first-order valence-electron chi connectivity index (χ1n) is 8.87. The van der Waals surface area contributed by atoms with Crippen molar-refractivity contribution in [2.75, 3.05) is 7.11 Å². The Morgan fingerprint density at radius 2 is 2.07 bits per heavy atom. The molecule has 6 nitrogen and oxygen atoms in total. The molecule has 2 aromatic carbocycles. The summed E-state index contributed by atoms with van der Waals surface area (Å²) in [7, 11) is 1.39. The highest BCUT2D eigenvalue weighted by Crippen LogP contribution is 2.35. The summed E-state index contributed by atoms with van der Waals surface area (Å²) in [6.45, 7) is 0.199. The molecule has 0 radical (unpaired) electrons. The van der Waals surface area contributed by atoms with E-state index in [2.05, 4.69) is 10.1 Å². The molecule has 2 heterocycles. The number of aromatic nitrogens is 2. The minimum Gasteiger partial charge on any atom is -0.494 e. The molecule has 0 spiro atoms. The Hall–Kier alpha value is -3.00. The van der Waals surface area contributed by atoms with Gasteiger partial charge in [-0.3, -0.25) is 4.79 Å². The van der Waals surface area contributed by atoms with Gasteiger partial charge in [-0.05, 0) is 42.3 Å². The number of benzene rings is 2. The van der Waals surface area contributed by atoms with Crippen LogP contribution in [0.15, 0.2) is 40.9 Å².